The average Bonchev–Trinajstić information content (AvgIpc) is 3.71. The first-order valence-electron chi connectivity index (χ1n) is 12.4. The zero-order valence-electron chi connectivity index (χ0n) is 20.6. The van der Waals surface area contributed by atoms with Crippen molar-refractivity contribution in [1.29, 1.82) is 0 Å². The van der Waals surface area contributed by atoms with E-state index in [4.69, 9.17) is 8.83 Å². The third-order valence-electron chi connectivity index (χ3n) is 7.55. The van der Waals surface area contributed by atoms with Crippen molar-refractivity contribution in [3.05, 3.63) is 121 Å². The van der Waals surface area contributed by atoms with E-state index >= 15 is 0 Å². The van der Waals surface area contributed by atoms with Crippen LogP contribution in [0.5, 0.6) is 0 Å². The Morgan fingerprint density at radius 1 is 0.486 bits per heavy atom. The molecule has 0 saturated carbocycles. The van der Waals surface area contributed by atoms with Gasteiger partial charge in [-0.2, -0.15) is 0 Å². The first kappa shape index (κ1) is 21.6. The van der Waals surface area contributed by atoms with Gasteiger partial charge in [-0.3, -0.25) is 0 Å². The molecule has 37 heavy (non-hydrogen) atoms. The van der Waals surface area contributed by atoms with E-state index in [1.165, 1.54) is 57.3 Å². The normalized spacial score (nSPS) is 13.4. The van der Waals surface area contributed by atoms with Crippen LogP contribution in [0.4, 0.5) is 0 Å². The zero-order valence-corrected chi connectivity index (χ0v) is 20.6. The van der Waals surface area contributed by atoms with Gasteiger partial charge in [0.25, 0.3) is 0 Å². The molecule has 0 fully saturated rings. The molecule has 1 aliphatic carbocycles. The summed E-state index contributed by atoms with van der Waals surface area (Å²) in [5.41, 5.74) is 12.1. The number of hydrogen-bond acceptors (Lipinski definition) is 4. The van der Waals surface area contributed by atoms with Crippen LogP contribution in [0.3, 0.4) is 0 Å². The molecule has 178 valence electrons. The van der Waals surface area contributed by atoms with Gasteiger partial charge in [0, 0.05) is 16.5 Å². The van der Waals surface area contributed by atoms with E-state index in [-0.39, 0.29) is 5.41 Å². The number of hydrogen-bond donors (Lipinski definition) is 0. The summed E-state index contributed by atoms with van der Waals surface area (Å²) >= 11 is 0. The molecule has 2 heterocycles. The molecule has 6 aromatic rings. The minimum atomic E-state index is -0.101. The summed E-state index contributed by atoms with van der Waals surface area (Å²) in [4.78, 5) is 8.04. The highest BCUT2D eigenvalue weighted by molar-refractivity contribution is 5.86. The van der Waals surface area contributed by atoms with Crippen molar-refractivity contribution in [2.75, 3.05) is 0 Å². The number of nitrogens with zero attached hydrogens (tertiary/aromatic N) is 2. The number of fused-ring (bicyclic) bond motifs is 3. The third-order valence-corrected chi connectivity index (χ3v) is 7.55. The van der Waals surface area contributed by atoms with Crippen LogP contribution in [0.1, 0.15) is 25.0 Å². The molecule has 7 rings (SSSR count). The van der Waals surface area contributed by atoms with Gasteiger partial charge in [0.05, 0.1) is 12.4 Å². The van der Waals surface area contributed by atoms with E-state index in [1.807, 2.05) is 0 Å². The molecular formula is C33H24N2O2. The molecule has 4 nitrogen and oxygen atoms in total. The maximum Gasteiger partial charge on any atom is 0.181 e. The molecule has 0 atom stereocenters. The molecule has 0 unspecified atom stereocenters. The van der Waals surface area contributed by atoms with E-state index in [0.29, 0.717) is 0 Å². The Morgan fingerprint density at radius 3 is 1.24 bits per heavy atom. The summed E-state index contributed by atoms with van der Waals surface area (Å²) in [6, 6.07) is 30.6. The third kappa shape index (κ3) is 3.53. The summed E-state index contributed by atoms with van der Waals surface area (Å²) in [7, 11) is 0. The standard InChI is InChI=1S/C33H24N2O2/c1-33(2)29-15-25(21-3-7-23(8-4-21)31-17-34-19-36-31)11-13-27(29)28-14-12-26(16-30(28)33)22-5-9-24(10-6-22)32-18-35-20-37-32/h3-20H,1-2H3. The van der Waals surface area contributed by atoms with Crippen molar-refractivity contribution in [3.63, 3.8) is 0 Å². The van der Waals surface area contributed by atoms with Gasteiger partial charge < -0.3 is 8.83 Å². The summed E-state index contributed by atoms with van der Waals surface area (Å²) in [6.45, 7) is 4.65. The van der Waals surface area contributed by atoms with E-state index in [9.17, 15) is 0 Å². The van der Waals surface area contributed by atoms with Gasteiger partial charge in [-0.15, -0.1) is 0 Å². The minimum Gasteiger partial charge on any atom is -0.444 e. The first-order valence-corrected chi connectivity index (χ1v) is 12.4. The Labute approximate surface area is 215 Å². The number of aromatic nitrogens is 2. The zero-order chi connectivity index (χ0) is 25.0. The van der Waals surface area contributed by atoms with Crippen molar-refractivity contribution < 1.29 is 8.83 Å². The van der Waals surface area contributed by atoms with E-state index < -0.39 is 0 Å². The molecule has 2 aromatic heterocycles. The summed E-state index contributed by atoms with van der Waals surface area (Å²) in [5.74, 6) is 1.56. The highest BCUT2D eigenvalue weighted by Gasteiger charge is 2.35. The molecule has 4 heteroatoms. The quantitative estimate of drug-likeness (QED) is 0.253. The van der Waals surface area contributed by atoms with Crippen LogP contribution in [0.2, 0.25) is 0 Å². The molecule has 0 radical (unpaired) electrons. The highest BCUT2D eigenvalue weighted by Crippen LogP contribution is 2.50. The lowest BCUT2D eigenvalue weighted by Crippen LogP contribution is -2.15. The Balaban J connectivity index is 1.22. The van der Waals surface area contributed by atoms with Crippen LogP contribution in [0, 0.1) is 0 Å². The predicted octanol–water partition coefficient (Wildman–Crippen LogP) is 8.64. The Kier molecular flexibility index (Phi) is 4.76. The van der Waals surface area contributed by atoms with Gasteiger partial charge >= 0.3 is 0 Å². The molecule has 0 aliphatic heterocycles. The van der Waals surface area contributed by atoms with Crippen molar-refractivity contribution in [2.45, 2.75) is 19.3 Å². The largest absolute Gasteiger partial charge is 0.444 e. The van der Waals surface area contributed by atoms with Gasteiger partial charge in [0.15, 0.2) is 24.3 Å². The SMILES string of the molecule is CC1(C)c2cc(-c3ccc(-c4cnco4)cc3)ccc2-c2ccc(-c3ccc(-c4cnco4)cc3)cc21. The summed E-state index contributed by atoms with van der Waals surface area (Å²) < 4.78 is 10.9. The number of rotatable bonds is 4. The molecule has 0 saturated heterocycles. The Hall–Kier alpha value is -4.70. The maximum atomic E-state index is 5.44. The topological polar surface area (TPSA) is 52.1 Å². The van der Waals surface area contributed by atoms with Crippen LogP contribution in [-0.2, 0) is 5.41 Å². The maximum absolute atomic E-state index is 5.44. The van der Waals surface area contributed by atoms with Crippen LogP contribution < -0.4 is 0 Å². The van der Waals surface area contributed by atoms with Crippen molar-refractivity contribution in [3.8, 4) is 56.0 Å². The predicted molar refractivity (Wildman–Crippen MR) is 146 cm³/mol. The minimum absolute atomic E-state index is 0.101. The van der Waals surface area contributed by atoms with Crippen molar-refractivity contribution >= 4 is 0 Å². The molecular weight excluding hydrogens is 456 g/mol. The second-order valence-corrected chi connectivity index (χ2v) is 10.0. The fourth-order valence-corrected chi connectivity index (χ4v) is 5.47. The Morgan fingerprint density at radius 2 is 0.865 bits per heavy atom. The van der Waals surface area contributed by atoms with E-state index in [0.717, 1.165) is 22.6 Å². The number of oxazole rings is 2. The molecule has 0 spiro atoms. The second-order valence-electron chi connectivity index (χ2n) is 10.0. The van der Waals surface area contributed by atoms with E-state index in [1.54, 1.807) is 12.4 Å². The second kappa shape index (κ2) is 8.17. The van der Waals surface area contributed by atoms with Crippen LogP contribution in [0.15, 0.2) is 119 Å². The monoisotopic (exact) mass is 480 g/mol. The summed E-state index contributed by atoms with van der Waals surface area (Å²) in [6.07, 6.45) is 6.40. The first-order chi connectivity index (χ1) is 18.1. The molecule has 0 bridgehead atoms. The van der Waals surface area contributed by atoms with E-state index in [2.05, 4.69) is 109 Å². The van der Waals surface area contributed by atoms with Gasteiger partial charge in [0.2, 0.25) is 0 Å². The van der Waals surface area contributed by atoms with Gasteiger partial charge in [-0.05, 0) is 56.6 Å². The lowest BCUT2D eigenvalue weighted by molar-refractivity contribution is 0.571. The van der Waals surface area contributed by atoms with Crippen molar-refractivity contribution in [1.82, 2.24) is 9.97 Å². The highest BCUT2D eigenvalue weighted by atomic mass is 16.3. The lowest BCUT2D eigenvalue weighted by atomic mass is 9.81. The van der Waals surface area contributed by atoms with Crippen LogP contribution >= 0.6 is 0 Å². The summed E-state index contributed by atoms with van der Waals surface area (Å²) in [5, 5.41) is 0. The van der Waals surface area contributed by atoms with Gasteiger partial charge in [-0.25, -0.2) is 9.97 Å². The van der Waals surface area contributed by atoms with Crippen LogP contribution in [0.25, 0.3) is 56.0 Å². The smallest absolute Gasteiger partial charge is 0.181 e. The van der Waals surface area contributed by atoms with Crippen molar-refractivity contribution in [2.24, 2.45) is 0 Å². The molecule has 4 aromatic carbocycles. The average molecular weight is 481 g/mol. The lowest BCUT2D eigenvalue weighted by Gasteiger charge is -2.22. The Bertz CT molecular complexity index is 1580. The fraction of sp³-hybridized carbons (Fsp3) is 0.0909. The fourth-order valence-electron chi connectivity index (χ4n) is 5.47. The van der Waals surface area contributed by atoms with Crippen LogP contribution in [-0.4, -0.2) is 9.97 Å². The molecule has 1 aliphatic rings. The van der Waals surface area contributed by atoms with Gasteiger partial charge in [-0.1, -0.05) is 86.6 Å². The number of benzene rings is 4. The van der Waals surface area contributed by atoms with Gasteiger partial charge in [0.1, 0.15) is 0 Å². The molecule has 0 amide bonds. The molecule has 0 N–H and O–H groups in total.